The summed E-state index contributed by atoms with van der Waals surface area (Å²) in [7, 11) is 0. The molecule has 4 nitrogen and oxygen atoms in total. The molecule has 2 aliphatic rings. The van der Waals surface area contributed by atoms with E-state index in [1.54, 1.807) is 0 Å². The maximum atomic E-state index is 12.5. The quantitative estimate of drug-likeness (QED) is 0.865. The second-order valence-corrected chi connectivity index (χ2v) is 5.80. The van der Waals surface area contributed by atoms with Gasteiger partial charge >= 0.3 is 6.18 Å². The van der Waals surface area contributed by atoms with Crippen LogP contribution in [0.15, 0.2) is 18.3 Å². The fourth-order valence-corrected chi connectivity index (χ4v) is 3.09. The summed E-state index contributed by atoms with van der Waals surface area (Å²) in [6, 6.07) is 2.24. The number of amides is 1. The van der Waals surface area contributed by atoms with Gasteiger partial charge in [-0.3, -0.25) is 9.69 Å². The lowest BCUT2D eigenvalue weighted by molar-refractivity contribution is -0.137. The molecular weight excluding hydrogens is 283 g/mol. The van der Waals surface area contributed by atoms with Crippen LogP contribution in [0.3, 0.4) is 0 Å². The van der Waals surface area contributed by atoms with Gasteiger partial charge in [-0.2, -0.15) is 13.2 Å². The average Bonchev–Trinajstić information content (AvgIpc) is 2.86. The van der Waals surface area contributed by atoms with Crippen LogP contribution in [0.4, 0.5) is 19.0 Å². The van der Waals surface area contributed by atoms with Gasteiger partial charge in [0.05, 0.1) is 5.56 Å². The Kier molecular flexibility index (Phi) is 3.39. The first-order valence-electron chi connectivity index (χ1n) is 6.94. The van der Waals surface area contributed by atoms with E-state index in [4.69, 9.17) is 0 Å². The summed E-state index contributed by atoms with van der Waals surface area (Å²) in [4.78, 5) is 17.6. The Hall–Kier alpha value is -1.63. The number of alkyl halides is 3. The fraction of sp³-hybridized carbons (Fsp3) is 0.571. The summed E-state index contributed by atoms with van der Waals surface area (Å²) < 4.78 is 37.5. The first kappa shape index (κ1) is 14.3. The molecule has 0 saturated carbocycles. The minimum absolute atomic E-state index is 0.0273. The van der Waals surface area contributed by atoms with Gasteiger partial charge in [0.15, 0.2) is 0 Å². The van der Waals surface area contributed by atoms with Crippen molar-refractivity contribution in [3.8, 4) is 0 Å². The molecule has 2 aliphatic heterocycles. The number of hydrogen-bond donors (Lipinski definition) is 1. The molecule has 7 heteroatoms. The Morgan fingerprint density at radius 2 is 2.10 bits per heavy atom. The smallest absolute Gasteiger partial charge is 0.316 e. The molecule has 0 aromatic carbocycles. The van der Waals surface area contributed by atoms with Gasteiger partial charge in [0.2, 0.25) is 5.91 Å². The zero-order valence-electron chi connectivity index (χ0n) is 11.4. The zero-order chi connectivity index (χ0) is 15.1. The largest absolute Gasteiger partial charge is 0.417 e. The fourth-order valence-electron chi connectivity index (χ4n) is 3.09. The molecule has 1 atom stereocenters. The third-order valence-corrected chi connectivity index (χ3v) is 4.38. The number of aromatic nitrogens is 1. The van der Waals surface area contributed by atoms with Gasteiger partial charge in [-0.1, -0.05) is 0 Å². The van der Waals surface area contributed by atoms with E-state index in [9.17, 15) is 18.0 Å². The number of piperidine rings is 1. The Bertz CT molecular complexity index is 535. The summed E-state index contributed by atoms with van der Waals surface area (Å²) in [6.45, 7) is 2.28. The molecule has 1 spiro atoms. The van der Waals surface area contributed by atoms with Gasteiger partial charge in [0.1, 0.15) is 5.82 Å². The van der Waals surface area contributed by atoms with Crippen LogP contribution >= 0.6 is 0 Å². The van der Waals surface area contributed by atoms with Crippen LogP contribution in [0.5, 0.6) is 0 Å². The van der Waals surface area contributed by atoms with E-state index in [1.807, 2.05) is 0 Å². The number of anilines is 1. The highest BCUT2D eigenvalue weighted by Crippen LogP contribution is 2.38. The van der Waals surface area contributed by atoms with Gasteiger partial charge in [-0.05, 0) is 36.9 Å². The van der Waals surface area contributed by atoms with Crippen LogP contribution < -0.4 is 10.2 Å². The Balaban J connectivity index is 1.74. The van der Waals surface area contributed by atoms with Crippen LogP contribution in [0, 0.1) is 5.41 Å². The second-order valence-electron chi connectivity index (χ2n) is 5.80. The van der Waals surface area contributed by atoms with Gasteiger partial charge in [0.25, 0.3) is 0 Å². The van der Waals surface area contributed by atoms with Crippen molar-refractivity contribution in [1.29, 1.82) is 0 Å². The van der Waals surface area contributed by atoms with Crippen LogP contribution in [0.2, 0.25) is 0 Å². The molecule has 0 radical (unpaired) electrons. The summed E-state index contributed by atoms with van der Waals surface area (Å²) >= 11 is 0. The molecule has 1 aromatic heterocycles. The minimum Gasteiger partial charge on any atom is -0.316 e. The highest BCUT2D eigenvalue weighted by molar-refractivity contribution is 5.93. The third kappa shape index (κ3) is 2.74. The summed E-state index contributed by atoms with van der Waals surface area (Å²) in [5.74, 6) is 0.242. The second kappa shape index (κ2) is 4.98. The Morgan fingerprint density at radius 3 is 2.62 bits per heavy atom. The lowest BCUT2D eigenvalue weighted by Gasteiger charge is -2.37. The predicted molar refractivity (Wildman–Crippen MR) is 70.7 cm³/mol. The number of carbonyl (C=O) groups excluding carboxylic acids is 1. The van der Waals surface area contributed by atoms with Crippen molar-refractivity contribution in [3.63, 3.8) is 0 Å². The van der Waals surface area contributed by atoms with E-state index >= 15 is 0 Å². The number of halogens is 3. The standard InChI is InChI=1S/C14H16F3N3O/c15-14(16,17)10-1-2-11(19-8-10)20-6-4-13(7-12(20)21)3-5-18-9-13/h1-2,8,18H,3-7,9H2. The van der Waals surface area contributed by atoms with E-state index < -0.39 is 11.7 Å². The van der Waals surface area contributed by atoms with Crippen molar-refractivity contribution in [2.45, 2.75) is 25.4 Å². The van der Waals surface area contributed by atoms with Crippen molar-refractivity contribution in [2.24, 2.45) is 5.41 Å². The summed E-state index contributed by atoms with van der Waals surface area (Å²) in [5.41, 5.74) is -0.772. The van der Waals surface area contributed by atoms with E-state index in [0.29, 0.717) is 18.8 Å². The van der Waals surface area contributed by atoms with Gasteiger partial charge in [0, 0.05) is 25.7 Å². The van der Waals surface area contributed by atoms with Crippen molar-refractivity contribution < 1.29 is 18.0 Å². The van der Waals surface area contributed by atoms with Crippen molar-refractivity contribution in [1.82, 2.24) is 10.3 Å². The van der Waals surface area contributed by atoms with Gasteiger partial charge in [-0.25, -0.2) is 4.98 Å². The number of nitrogens with one attached hydrogen (secondary N) is 1. The molecule has 0 aliphatic carbocycles. The van der Waals surface area contributed by atoms with Crippen molar-refractivity contribution in [2.75, 3.05) is 24.5 Å². The first-order valence-corrected chi connectivity index (χ1v) is 6.94. The normalized spacial score (nSPS) is 26.6. The molecule has 21 heavy (non-hydrogen) atoms. The van der Waals surface area contributed by atoms with E-state index in [1.165, 1.54) is 11.0 Å². The van der Waals surface area contributed by atoms with E-state index in [0.717, 1.165) is 38.2 Å². The molecule has 3 heterocycles. The zero-order valence-corrected chi connectivity index (χ0v) is 11.4. The van der Waals surface area contributed by atoms with Crippen molar-refractivity contribution in [3.05, 3.63) is 23.9 Å². The van der Waals surface area contributed by atoms with Crippen LogP contribution in [0.1, 0.15) is 24.8 Å². The highest BCUT2D eigenvalue weighted by Gasteiger charge is 2.41. The minimum atomic E-state index is -4.41. The topological polar surface area (TPSA) is 45.2 Å². The number of carbonyl (C=O) groups is 1. The van der Waals surface area contributed by atoms with Gasteiger partial charge < -0.3 is 5.32 Å². The SMILES string of the molecule is O=C1CC2(CCNC2)CCN1c1ccc(C(F)(F)F)cn1. The third-order valence-electron chi connectivity index (χ3n) is 4.38. The first-order chi connectivity index (χ1) is 9.90. The lowest BCUT2D eigenvalue weighted by Crippen LogP contribution is -2.45. The van der Waals surface area contributed by atoms with Crippen LogP contribution in [0.25, 0.3) is 0 Å². The predicted octanol–water partition coefficient (Wildman–Crippen LogP) is 2.21. The average molecular weight is 299 g/mol. The monoisotopic (exact) mass is 299 g/mol. The maximum absolute atomic E-state index is 12.5. The Labute approximate surface area is 120 Å². The van der Waals surface area contributed by atoms with E-state index in [2.05, 4.69) is 10.3 Å². The lowest BCUT2D eigenvalue weighted by atomic mass is 9.77. The number of rotatable bonds is 1. The number of nitrogens with zero attached hydrogens (tertiary/aromatic N) is 2. The molecule has 114 valence electrons. The highest BCUT2D eigenvalue weighted by atomic mass is 19.4. The molecule has 1 N–H and O–H groups in total. The molecule has 0 bridgehead atoms. The van der Waals surface area contributed by atoms with E-state index in [-0.39, 0.29) is 11.3 Å². The molecular formula is C14H16F3N3O. The van der Waals surface area contributed by atoms with Crippen molar-refractivity contribution >= 4 is 11.7 Å². The molecule has 1 amide bonds. The Morgan fingerprint density at radius 1 is 1.29 bits per heavy atom. The maximum Gasteiger partial charge on any atom is 0.417 e. The molecule has 1 unspecified atom stereocenters. The molecule has 3 rings (SSSR count). The molecule has 1 aromatic rings. The summed E-state index contributed by atoms with van der Waals surface area (Å²) in [6.07, 6.45) is -1.36. The number of pyridine rings is 1. The van der Waals surface area contributed by atoms with Crippen LogP contribution in [-0.4, -0.2) is 30.5 Å². The number of hydrogen-bond acceptors (Lipinski definition) is 3. The van der Waals surface area contributed by atoms with Gasteiger partial charge in [-0.15, -0.1) is 0 Å². The molecule has 2 saturated heterocycles. The molecule has 2 fully saturated rings. The van der Waals surface area contributed by atoms with Crippen LogP contribution in [-0.2, 0) is 11.0 Å². The summed E-state index contributed by atoms with van der Waals surface area (Å²) in [5, 5.41) is 3.27.